The highest BCUT2D eigenvalue weighted by molar-refractivity contribution is 5.68. The first-order chi connectivity index (χ1) is 9.37. The maximum Gasteiger partial charge on any atom is 0.410 e. The van der Waals surface area contributed by atoms with Gasteiger partial charge < -0.3 is 14.7 Å². The van der Waals surface area contributed by atoms with Gasteiger partial charge in [0.25, 0.3) is 0 Å². The topological polar surface area (TPSA) is 53.0 Å². The van der Waals surface area contributed by atoms with Crippen molar-refractivity contribution in [1.29, 1.82) is 0 Å². The molecule has 1 saturated heterocycles. The van der Waals surface area contributed by atoms with Gasteiger partial charge in [-0.2, -0.15) is 0 Å². The summed E-state index contributed by atoms with van der Waals surface area (Å²) in [6, 6.07) is 0.286. The molecule has 5 nitrogen and oxygen atoms in total. The summed E-state index contributed by atoms with van der Waals surface area (Å²) in [6.45, 7) is 8.91. The Balaban J connectivity index is 1.87. The van der Waals surface area contributed by atoms with Gasteiger partial charge in [-0.25, -0.2) is 4.79 Å². The third-order valence-electron chi connectivity index (χ3n) is 4.10. The predicted octanol–water partition coefficient (Wildman–Crippen LogP) is 1.84. The first-order valence-electron chi connectivity index (χ1n) is 7.77. The second-order valence-corrected chi connectivity index (χ2v) is 6.92. The van der Waals surface area contributed by atoms with Gasteiger partial charge in [0.05, 0.1) is 6.10 Å². The lowest BCUT2D eigenvalue weighted by atomic mass is 10.1. The molecule has 0 radical (unpaired) electrons. The molecular weight excluding hydrogens is 256 g/mol. The number of nitrogens with zero attached hydrogens (tertiary/aromatic N) is 2. The van der Waals surface area contributed by atoms with E-state index in [1.54, 1.807) is 4.90 Å². The number of rotatable bonds is 1. The van der Waals surface area contributed by atoms with E-state index >= 15 is 0 Å². The Hall–Kier alpha value is -0.810. The summed E-state index contributed by atoms with van der Waals surface area (Å²) in [7, 11) is 0. The number of ether oxygens (including phenoxy) is 1. The van der Waals surface area contributed by atoms with Gasteiger partial charge in [-0.05, 0) is 46.5 Å². The van der Waals surface area contributed by atoms with Crippen LogP contribution in [0.15, 0.2) is 0 Å². The molecule has 2 aliphatic rings. The SMILES string of the molecule is CC(C)(C)OC(=O)N1CCCN([C@H]2CCC[C@@H]2O)CC1. The second-order valence-electron chi connectivity index (χ2n) is 6.92. The first kappa shape index (κ1) is 15.6. The lowest BCUT2D eigenvalue weighted by molar-refractivity contribution is 0.0247. The summed E-state index contributed by atoms with van der Waals surface area (Å²) in [5.41, 5.74) is -0.440. The lowest BCUT2D eigenvalue weighted by Gasteiger charge is -2.30. The summed E-state index contributed by atoms with van der Waals surface area (Å²) >= 11 is 0. The van der Waals surface area contributed by atoms with Crippen LogP contribution in [0, 0.1) is 0 Å². The molecule has 1 amide bonds. The van der Waals surface area contributed by atoms with Gasteiger partial charge in [0, 0.05) is 32.2 Å². The number of hydrogen-bond acceptors (Lipinski definition) is 4. The van der Waals surface area contributed by atoms with E-state index in [9.17, 15) is 9.90 Å². The van der Waals surface area contributed by atoms with Crippen molar-refractivity contribution in [2.45, 2.75) is 64.2 Å². The Morgan fingerprint density at radius 1 is 1.10 bits per heavy atom. The van der Waals surface area contributed by atoms with Gasteiger partial charge >= 0.3 is 6.09 Å². The number of hydrogen-bond donors (Lipinski definition) is 1. The Kier molecular flexibility index (Phi) is 4.91. The van der Waals surface area contributed by atoms with Gasteiger partial charge in [0.1, 0.15) is 5.60 Å². The molecule has 20 heavy (non-hydrogen) atoms. The molecule has 2 rings (SSSR count). The molecule has 2 atom stereocenters. The monoisotopic (exact) mass is 284 g/mol. The van der Waals surface area contributed by atoms with Gasteiger partial charge in [0.2, 0.25) is 0 Å². The number of aliphatic hydroxyl groups excluding tert-OH is 1. The molecule has 5 heteroatoms. The molecule has 1 aliphatic heterocycles. The van der Waals surface area contributed by atoms with Crippen LogP contribution in [0.25, 0.3) is 0 Å². The molecule has 0 aromatic heterocycles. The molecule has 2 fully saturated rings. The highest BCUT2D eigenvalue weighted by Crippen LogP contribution is 2.25. The van der Waals surface area contributed by atoms with E-state index in [0.29, 0.717) is 6.54 Å². The van der Waals surface area contributed by atoms with Crippen LogP contribution in [-0.2, 0) is 4.74 Å². The molecule has 0 bridgehead atoms. The van der Waals surface area contributed by atoms with Crippen LogP contribution in [0.1, 0.15) is 46.5 Å². The van der Waals surface area contributed by atoms with Crippen LogP contribution >= 0.6 is 0 Å². The normalized spacial score (nSPS) is 29.3. The Bertz CT molecular complexity index is 341. The molecule has 0 unspecified atom stereocenters. The molecule has 1 heterocycles. The van der Waals surface area contributed by atoms with Gasteiger partial charge in [0.15, 0.2) is 0 Å². The minimum atomic E-state index is -0.440. The molecule has 0 aromatic carbocycles. The standard InChI is InChI=1S/C15H28N2O3/c1-15(2,3)20-14(19)17-9-5-8-16(10-11-17)12-6-4-7-13(12)18/h12-13,18H,4-11H2,1-3H3/t12-,13-/m0/s1. The van der Waals surface area contributed by atoms with Crippen molar-refractivity contribution in [3.63, 3.8) is 0 Å². The number of aliphatic hydroxyl groups is 1. The largest absolute Gasteiger partial charge is 0.444 e. The Morgan fingerprint density at radius 3 is 2.45 bits per heavy atom. The zero-order valence-electron chi connectivity index (χ0n) is 13.0. The van der Waals surface area contributed by atoms with E-state index in [4.69, 9.17) is 4.74 Å². The number of carbonyl (C=O) groups is 1. The van der Waals surface area contributed by atoms with Crippen LogP contribution in [0.4, 0.5) is 4.79 Å². The van der Waals surface area contributed by atoms with Crippen LogP contribution in [0.5, 0.6) is 0 Å². The van der Waals surface area contributed by atoms with Crippen LogP contribution < -0.4 is 0 Å². The van der Waals surface area contributed by atoms with Gasteiger partial charge in [-0.15, -0.1) is 0 Å². The minimum absolute atomic E-state index is 0.192. The number of amides is 1. The Morgan fingerprint density at radius 2 is 1.85 bits per heavy atom. The maximum absolute atomic E-state index is 12.1. The van der Waals surface area contributed by atoms with E-state index in [0.717, 1.165) is 45.3 Å². The van der Waals surface area contributed by atoms with Crippen molar-refractivity contribution in [1.82, 2.24) is 9.80 Å². The summed E-state index contributed by atoms with van der Waals surface area (Å²) in [5, 5.41) is 10.0. The third-order valence-corrected chi connectivity index (χ3v) is 4.10. The van der Waals surface area contributed by atoms with Gasteiger partial charge in [-0.3, -0.25) is 4.90 Å². The highest BCUT2D eigenvalue weighted by Gasteiger charge is 2.32. The van der Waals surface area contributed by atoms with Crippen LogP contribution in [-0.4, -0.2) is 64.9 Å². The molecule has 0 spiro atoms. The molecule has 1 N–H and O–H groups in total. The van der Waals surface area contributed by atoms with Gasteiger partial charge in [-0.1, -0.05) is 0 Å². The molecule has 0 aromatic rings. The number of carbonyl (C=O) groups excluding carboxylic acids is 1. The summed E-state index contributed by atoms with van der Waals surface area (Å²) < 4.78 is 5.43. The maximum atomic E-state index is 12.1. The zero-order chi connectivity index (χ0) is 14.8. The lowest BCUT2D eigenvalue weighted by Crippen LogP contribution is -2.43. The average Bonchev–Trinajstić information content (AvgIpc) is 2.62. The van der Waals surface area contributed by atoms with Crippen molar-refractivity contribution < 1.29 is 14.6 Å². The molecule has 1 saturated carbocycles. The minimum Gasteiger partial charge on any atom is -0.444 e. The predicted molar refractivity (Wildman–Crippen MR) is 77.6 cm³/mol. The van der Waals surface area contributed by atoms with Crippen LogP contribution in [0.2, 0.25) is 0 Å². The van der Waals surface area contributed by atoms with Crippen molar-refractivity contribution in [3.8, 4) is 0 Å². The van der Waals surface area contributed by atoms with Crippen molar-refractivity contribution in [2.24, 2.45) is 0 Å². The highest BCUT2D eigenvalue weighted by atomic mass is 16.6. The second kappa shape index (κ2) is 6.31. The molecule has 1 aliphatic carbocycles. The fourth-order valence-corrected chi connectivity index (χ4v) is 3.12. The van der Waals surface area contributed by atoms with Crippen molar-refractivity contribution >= 4 is 6.09 Å². The summed E-state index contributed by atoms with van der Waals surface area (Å²) in [5.74, 6) is 0. The fraction of sp³-hybridized carbons (Fsp3) is 0.933. The average molecular weight is 284 g/mol. The van der Waals surface area contributed by atoms with Crippen molar-refractivity contribution in [2.75, 3.05) is 26.2 Å². The van der Waals surface area contributed by atoms with Crippen LogP contribution in [0.3, 0.4) is 0 Å². The zero-order valence-corrected chi connectivity index (χ0v) is 13.0. The van der Waals surface area contributed by atoms with E-state index in [1.165, 1.54) is 0 Å². The van der Waals surface area contributed by atoms with E-state index in [2.05, 4.69) is 4.90 Å². The van der Waals surface area contributed by atoms with Crippen molar-refractivity contribution in [3.05, 3.63) is 0 Å². The van der Waals surface area contributed by atoms with E-state index < -0.39 is 5.60 Å². The first-order valence-corrected chi connectivity index (χ1v) is 7.77. The summed E-state index contributed by atoms with van der Waals surface area (Å²) in [6.07, 6.45) is 3.64. The molecule has 116 valence electrons. The molecular formula is C15H28N2O3. The fourth-order valence-electron chi connectivity index (χ4n) is 3.12. The Labute approximate surface area is 121 Å². The quantitative estimate of drug-likeness (QED) is 0.798. The smallest absolute Gasteiger partial charge is 0.410 e. The van der Waals surface area contributed by atoms with E-state index in [-0.39, 0.29) is 18.2 Å². The van der Waals surface area contributed by atoms with E-state index in [1.807, 2.05) is 20.8 Å². The third kappa shape index (κ3) is 4.09. The summed E-state index contributed by atoms with van der Waals surface area (Å²) in [4.78, 5) is 16.2.